The second kappa shape index (κ2) is 4.73. The standard InChI is InChI=1S/C14H19F2N/c1-2-10-8-11(13(16)9-12(10)15)14(17)6-4-3-5-7-14/h8-9H,2-7,17H2,1H3. The molecule has 2 rings (SSSR count). The molecule has 0 amide bonds. The molecule has 1 aliphatic carbocycles. The molecule has 0 atom stereocenters. The van der Waals surface area contributed by atoms with Crippen molar-refractivity contribution in [3.63, 3.8) is 0 Å². The second-order valence-corrected chi connectivity index (χ2v) is 4.99. The summed E-state index contributed by atoms with van der Waals surface area (Å²) in [6.07, 6.45) is 5.35. The molecular weight excluding hydrogens is 220 g/mol. The number of aryl methyl sites for hydroxylation is 1. The summed E-state index contributed by atoms with van der Waals surface area (Å²) in [7, 11) is 0. The normalized spacial score (nSPS) is 19.3. The third-order valence-corrected chi connectivity index (χ3v) is 3.80. The minimum Gasteiger partial charge on any atom is -0.321 e. The van der Waals surface area contributed by atoms with Crippen molar-refractivity contribution in [2.75, 3.05) is 0 Å². The number of benzene rings is 1. The topological polar surface area (TPSA) is 26.0 Å². The number of hydrogen-bond acceptors (Lipinski definition) is 1. The first-order valence-corrected chi connectivity index (χ1v) is 6.34. The van der Waals surface area contributed by atoms with Crippen molar-refractivity contribution in [1.82, 2.24) is 0 Å². The fourth-order valence-electron chi connectivity index (χ4n) is 2.70. The smallest absolute Gasteiger partial charge is 0.131 e. The molecule has 0 saturated heterocycles. The molecule has 0 aliphatic heterocycles. The Morgan fingerprint density at radius 2 is 1.76 bits per heavy atom. The number of nitrogens with two attached hydrogens (primary N) is 1. The van der Waals surface area contributed by atoms with E-state index in [4.69, 9.17) is 5.73 Å². The molecule has 1 nitrogen and oxygen atoms in total. The summed E-state index contributed by atoms with van der Waals surface area (Å²) in [5, 5.41) is 0. The van der Waals surface area contributed by atoms with Crippen LogP contribution in [0.2, 0.25) is 0 Å². The first-order chi connectivity index (χ1) is 8.07. The van der Waals surface area contributed by atoms with Crippen molar-refractivity contribution in [3.05, 3.63) is 34.9 Å². The first-order valence-electron chi connectivity index (χ1n) is 6.34. The van der Waals surface area contributed by atoms with Gasteiger partial charge in [0.1, 0.15) is 11.6 Å². The average Bonchev–Trinajstić information content (AvgIpc) is 2.30. The third kappa shape index (κ3) is 2.34. The maximum Gasteiger partial charge on any atom is 0.131 e. The predicted octanol–water partition coefficient (Wildman–Crippen LogP) is 3.65. The first kappa shape index (κ1) is 12.5. The Bertz CT molecular complexity index is 409. The molecule has 0 heterocycles. The van der Waals surface area contributed by atoms with Crippen LogP contribution in [-0.2, 0) is 12.0 Å². The van der Waals surface area contributed by atoms with E-state index in [-0.39, 0.29) is 0 Å². The Morgan fingerprint density at radius 3 is 2.35 bits per heavy atom. The van der Waals surface area contributed by atoms with Gasteiger partial charge in [0, 0.05) is 17.2 Å². The van der Waals surface area contributed by atoms with Crippen LogP contribution < -0.4 is 5.73 Å². The Labute approximate surface area is 101 Å². The monoisotopic (exact) mass is 239 g/mol. The summed E-state index contributed by atoms with van der Waals surface area (Å²) >= 11 is 0. The quantitative estimate of drug-likeness (QED) is 0.837. The van der Waals surface area contributed by atoms with E-state index < -0.39 is 17.2 Å². The van der Waals surface area contributed by atoms with Gasteiger partial charge in [-0.05, 0) is 30.9 Å². The molecule has 3 heteroatoms. The van der Waals surface area contributed by atoms with Crippen LogP contribution in [0.5, 0.6) is 0 Å². The molecule has 2 N–H and O–H groups in total. The van der Waals surface area contributed by atoms with Crippen LogP contribution in [0.3, 0.4) is 0 Å². The summed E-state index contributed by atoms with van der Waals surface area (Å²) in [6, 6.07) is 2.60. The SMILES string of the molecule is CCc1cc(C2(N)CCCCC2)c(F)cc1F. The van der Waals surface area contributed by atoms with Crippen molar-refractivity contribution >= 4 is 0 Å². The fourth-order valence-corrected chi connectivity index (χ4v) is 2.70. The van der Waals surface area contributed by atoms with Gasteiger partial charge >= 0.3 is 0 Å². The van der Waals surface area contributed by atoms with Crippen LogP contribution in [0.4, 0.5) is 8.78 Å². The van der Waals surface area contributed by atoms with Crippen LogP contribution in [0.1, 0.15) is 50.2 Å². The molecule has 0 bridgehead atoms. The highest BCUT2D eigenvalue weighted by Crippen LogP contribution is 2.36. The molecule has 1 aromatic carbocycles. The van der Waals surface area contributed by atoms with Gasteiger partial charge in [0.25, 0.3) is 0 Å². The molecule has 0 aromatic heterocycles. The van der Waals surface area contributed by atoms with E-state index in [1.807, 2.05) is 6.92 Å². The summed E-state index contributed by atoms with van der Waals surface area (Å²) in [6.45, 7) is 1.87. The lowest BCUT2D eigenvalue weighted by Crippen LogP contribution is -2.39. The lowest BCUT2D eigenvalue weighted by atomic mass is 9.77. The van der Waals surface area contributed by atoms with Crippen LogP contribution in [0, 0.1) is 11.6 Å². The van der Waals surface area contributed by atoms with Crippen molar-refractivity contribution in [3.8, 4) is 0 Å². The molecule has 17 heavy (non-hydrogen) atoms. The number of halogens is 2. The summed E-state index contributed by atoms with van der Waals surface area (Å²) in [5.74, 6) is -0.961. The molecule has 94 valence electrons. The van der Waals surface area contributed by atoms with E-state index in [0.717, 1.165) is 38.2 Å². The maximum absolute atomic E-state index is 13.9. The van der Waals surface area contributed by atoms with Gasteiger partial charge in [-0.25, -0.2) is 8.78 Å². The fraction of sp³-hybridized carbons (Fsp3) is 0.571. The second-order valence-electron chi connectivity index (χ2n) is 4.99. The molecule has 0 spiro atoms. The van der Waals surface area contributed by atoms with Crippen molar-refractivity contribution in [2.45, 2.75) is 51.0 Å². The van der Waals surface area contributed by atoms with Gasteiger partial charge in [0.15, 0.2) is 0 Å². The lowest BCUT2D eigenvalue weighted by molar-refractivity contribution is 0.292. The maximum atomic E-state index is 13.9. The van der Waals surface area contributed by atoms with Crippen molar-refractivity contribution < 1.29 is 8.78 Å². The van der Waals surface area contributed by atoms with Crippen LogP contribution >= 0.6 is 0 Å². The largest absolute Gasteiger partial charge is 0.321 e. The highest BCUT2D eigenvalue weighted by molar-refractivity contribution is 5.32. The summed E-state index contributed by atoms with van der Waals surface area (Å²) in [4.78, 5) is 0. The van der Waals surface area contributed by atoms with Gasteiger partial charge in [0.05, 0.1) is 0 Å². The number of rotatable bonds is 2. The number of hydrogen-bond donors (Lipinski definition) is 1. The van der Waals surface area contributed by atoms with Gasteiger partial charge < -0.3 is 5.73 Å². The van der Waals surface area contributed by atoms with E-state index >= 15 is 0 Å². The van der Waals surface area contributed by atoms with Gasteiger partial charge in [-0.2, -0.15) is 0 Å². The molecule has 0 radical (unpaired) electrons. The Hall–Kier alpha value is -0.960. The van der Waals surface area contributed by atoms with E-state index in [9.17, 15) is 8.78 Å². The molecular formula is C14H19F2N. The molecule has 0 unspecified atom stereocenters. The average molecular weight is 239 g/mol. The molecule has 1 aromatic rings. The van der Waals surface area contributed by atoms with Gasteiger partial charge in [0.2, 0.25) is 0 Å². The highest BCUT2D eigenvalue weighted by Gasteiger charge is 2.32. The van der Waals surface area contributed by atoms with E-state index in [0.29, 0.717) is 17.5 Å². The Morgan fingerprint density at radius 1 is 1.12 bits per heavy atom. The minimum atomic E-state index is -0.597. The lowest BCUT2D eigenvalue weighted by Gasteiger charge is -2.34. The van der Waals surface area contributed by atoms with Crippen molar-refractivity contribution in [2.24, 2.45) is 5.73 Å². The Balaban J connectivity index is 2.43. The van der Waals surface area contributed by atoms with Crippen molar-refractivity contribution in [1.29, 1.82) is 0 Å². The predicted molar refractivity (Wildman–Crippen MR) is 64.7 cm³/mol. The van der Waals surface area contributed by atoms with Crippen LogP contribution in [0.15, 0.2) is 12.1 Å². The summed E-state index contributed by atoms with van der Waals surface area (Å²) < 4.78 is 27.3. The molecule has 1 fully saturated rings. The van der Waals surface area contributed by atoms with Gasteiger partial charge in [-0.1, -0.05) is 26.2 Å². The van der Waals surface area contributed by atoms with Gasteiger partial charge in [-0.3, -0.25) is 0 Å². The van der Waals surface area contributed by atoms with Gasteiger partial charge in [-0.15, -0.1) is 0 Å². The zero-order valence-corrected chi connectivity index (χ0v) is 10.2. The zero-order valence-electron chi connectivity index (χ0n) is 10.2. The summed E-state index contributed by atoms with van der Waals surface area (Å²) in [5.41, 5.74) is 6.74. The highest BCUT2D eigenvalue weighted by atomic mass is 19.1. The van der Waals surface area contributed by atoms with E-state index in [1.165, 1.54) is 0 Å². The zero-order chi connectivity index (χ0) is 12.5. The minimum absolute atomic E-state index is 0.465. The van der Waals surface area contributed by atoms with Crippen LogP contribution in [0.25, 0.3) is 0 Å². The Kier molecular flexibility index (Phi) is 3.48. The van der Waals surface area contributed by atoms with Crippen LogP contribution in [-0.4, -0.2) is 0 Å². The molecule has 1 saturated carbocycles. The molecule has 1 aliphatic rings. The van der Waals surface area contributed by atoms with E-state index in [1.54, 1.807) is 6.07 Å². The third-order valence-electron chi connectivity index (χ3n) is 3.80. The van der Waals surface area contributed by atoms with E-state index in [2.05, 4.69) is 0 Å².